The maximum absolute atomic E-state index is 11.9. The fourth-order valence-electron chi connectivity index (χ4n) is 1.71. The van der Waals surface area contributed by atoms with Gasteiger partial charge in [0, 0.05) is 10.0 Å². The van der Waals surface area contributed by atoms with E-state index in [1.165, 1.54) is 11.3 Å². The molecule has 0 atom stereocenters. The highest BCUT2D eigenvalue weighted by Crippen LogP contribution is 2.24. The molecule has 0 aliphatic carbocycles. The van der Waals surface area contributed by atoms with Gasteiger partial charge in [-0.25, -0.2) is 4.98 Å². The first-order valence-electron chi connectivity index (χ1n) is 5.90. The fraction of sp³-hybridized carbons (Fsp3) is 0. The largest absolute Gasteiger partial charge is 0.273 e. The van der Waals surface area contributed by atoms with Crippen LogP contribution in [-0.2, 0) is 0 Å². The van der Waals surface area contributed by atoms with Crippen molar-refractivity contribution in [2.45, 2.75) is 0 Å². The third kappa shape index (κ3) is 2.81. The minimum atomic E-state index is -0.197. The highest BCUT2D eigenvalue weighted by Gasteiger charge is 2.06. The van der Waals surface area contributed by atoms with Crippen molar-refractivity contribution in [2.75, 3.05) is 5.43 Å². The number of amides is 1. The number of benzene rings is 2. The van der Waals surface area contributed by atoms with Crippen molar-refractivity contribution in [2.24, 2.45) is 0 Å². The van der Waals surface area contributed by atoms with Gasteiger partial charge < -0.3 is 0 Å². The van der Waals surface area contributed by atoms with Gasteiger partial charge in [0.2, 0.25) is 5.13 Å². The molecule has 6 heteroatoms. The van der Waals surface area contributed by atoms with E-state index < -0.39 is 0 Å². The lowest BCUT2D eigenvalue weighted by atomic mass is 10.2. The van der Waals surface area contributed by atoms with E-state index in [1.807, 2.05) is 36.4 Å². The molecule has 2 aromatic carbocycles. The number of hydrogen-bond acceptors (Lipinski definition) is 4. The Bertz CT molecular complexity index is 721. The number of aromatic nitrogens is 1. The van der Waals surface area contributed by atoms with Gasteiger partial charge in [0.1, 0.15) is 0 Å². The predicted octanol–water partition coefficient (Wildman–Crippen LogP) is 3.82. The number of fused-ring (bicyclic) bond motifs is 1. The second-order valence-electron chi connectivity index (χ2n) is 4.07. The number of thiazole rings is 1. The molecule has 100 valence electrons. The average molecular weight is 348 g/mol. The molecule has 0 saturated carbocycles. The molecule has 2 N–H and O–H groups in total. The third-order valence-electron chi connectivity index (χ3n) is 2.68. The van der Waals surface area contributed by atoms with E-state index in [2.05, 4.69) is 31.8 Å². The van der Waals surface area contributed by atoms with E-state index >= 15 is 0 Å². The summed E-state index contributed by atoms with van der Waals surface area (Å²) in [5.74, 6) is -0.197. The fourth-order valence-corrected chi connectivity index (χ4v) is 2.79. The van der Waals surface area contributed by atoms with Crippen LogP contribution in [0.4, 0.5) is 5.13 Å². The predicted molar refractivity (Wildman–Crippen MR) is 84.9 cm³/mol. The van der Waals surface area contributed by atoms with Crippen LogP contribution in [0.1, 0.15) is 10.4 Å². The molecule has 0 aliphatic rings. The Morgan fingerprint density at radius 3 is 2.60 bits per heavy atom. The molecule has 4 nitrogen and oxygen atoms in total. The summed E-state index contributed by atoms with van der Waals surface area (Å²) in [5.41, 5.74) is 6.98. The molecule has 0 bridgehead atoms. The highest BCUT2D eigenvalue weighted by atomic mass is 79.9. The summed E-state index contributed by atoms with van der Waals surface area (Å²) in [6.45, 7) is 0. The van der Waals surface area contributed by atoms with Gasteiger partial charge in [-0.1, -0.05) is 39.4 Å². The number of hydrogen-bond donors (Lipinski definition) is 2. The van der Waals surface area contributed by atoms with Gasteiger partial charge >= 0.3 is 0 Å². The second kappa shape index (κ2) is 5.60. The van der Waals surface area contributed by atoms with E-state index in [0.29, 0.717) is 10.7 Å². The van der Waals surface area contributed by atoms with Gasteiger partial charge in [0.05, 0.1) is 10.2 Å². The number of carbonyl (C=O) groups excluding carboxylic acids is 1. The van der Waals surface area contributed by atoms with Gasteiger partial charge in [-0.15, -0.1) is 0 Å². The summed E-state index contributed by atoms with van der Waals surface area (Å²) in [7, 11) is 0. The van der Waals surface area contributed by atoms with E-state index in [9.17, 15) is 4.79 Å². The standard InChI is InChI=1S/C14H10BrN3OS/c15-10-7-5-9(6-8-10)13(19)17-18-14-16-11-3-1-2-4-12(11)20-14/h1-8H,(H,16,18)(H,17,19). The van der Waals surface area contributed by atoms with Crippen LogP contribution in [0.25, 0.3) is 10.2 Å². The first-order chi connectivity index (χ1) is 9.72. The Labute approximate surface area is 127 Å². The molecule has 0 saturated heterocycles. The van der Waals surface area contributed by atoms with E-state index in [4.69, 9.17) is 0 Å². The lowest BCUT2D eigenvalue weighted by Gasteiger charge is -2.05. The zero-order valence-electron chi connectivity index (χ0n) is 10.3. The molecular formula is C14H10BrN3OS. The number of halogens is 1. The number of hydrazine groups is 1. The van der Waals surface area contributed by atoms with Crippen LogP contribution in [0.15, 0.2) is 53.0 Å². The smallest absolute Gasteiger partial charge is 0.269 e. The quantitative estimate of drug-likeness (QED) is 0.708. The minimum absolute atomic E-state index is 0.197. The first kappa shape index (κ1) is 13.1. The molecule has 0 unspecified atom stereocenters. The van der Waals surface area contributed by atoms with Crippen LogP contribution in [0.3, 0.4) is 0 Å². The SMILES string of the molecule is O=C(NNc1nc2ccccc2s1)c1ccc(Br)cc1. The molecule has 1 amide bonds. The molecule has 3 rings (SSSR count). The van der Waals surface area contributed by atoms with Gasteiger partial charge in [-0.05, 0) is 36.4 Å². The number of rotatable bonds is 3. The van der Waals surface area contributed by atoms with Gasteiger partial charge in [0.25, 0.3) is 5.91 Å². The van der Waals surface area contributed by atoms with Crippen LogP contribution in [0.5, 0.6) is 0 Å². The van der Waals surface area contributed by atoms with Crippen molar-refractivity contribution in [1.29, 1.82) is 0 Å². The summed E-state index contributed by atoms with van der Waals surface area (Å²) in [6, 6.07) is 15.0. The lowest BCUT2D eigenvalue weighted by Crippen LogP contribution is -2.29. The second-order valence-corrected chi connectivity index (χ2v) is 6.02. The maximum Gasteiger partial charge on any atom is 0.269 e. The Hall–Kier alpha value is -1.92. The van der Waals surface area contributed by atoms with Crippen LogP contribution >= 0.6 is 27.3 Å². The third-order valence-corrected chi connectivity index (χ3v) is 4.16. The molecular weight excluding hydrogens is 338 g/mol. The first-order valence-corrected chi connectivity index (χ1v) is 7.51. The number of nitrogens with zero attached hydrogens (tertiary/aromatic N) is 1. The summed E-state index contributed by atoms with van der Waals surface area (Å²) < 4.78 is 2.01. The highest BCUT2D eigenvalue weighted by molar-refractivity contribution is 9.10. The summed E-state index contributed by atoms with van der Waals surface area (Å²) in [5, 5.41) is 0.664. The van der Waals surface area contributed by atoms with Crippen LogP contribution in [-0.4, -0.2) is 10.9 Å². The molecule has 20 heavy (non-hydrogen) atoms. The van der Waals surface area contributed by atoms with Gasteiger partial charge in [-0.2, -0.15) is 0 Å². The number of para-hydroxylation sites is 1. The molecule has 0 spiro atoms. The topological polar surface area (TPSA) is 54.0 Å². The Balaban J connectivity index is 1.69. The molecule has 0 radical (unpaired) electrons. The van der Waals surface area contributed by atoms with E-state index in [-0.39, 0.29) is 5.91 Å². The van der Waals surface area contributed by atoms with Crippen molar-refractivity contribution >= 4 is 48.5 Å². The summed E-state index contributed by atoms with van der Waals surface area (Å²) >= 11 is 4.83. The zero-order valence-corrected chi connectivity index (χ0v) is 12.7. The van der Waals surface area contributed by atoms with Crippen molar-refractivity contribution < 1.29 is 4.79 Å². The van der Waals surface area contributed by atoms with Gasteiger partial charge in [-0.3, -0.25) is 15.6 Å². The van der Waals surface area contributed by atoms with Crippen molar-refractivity contribution in [1.82, 2.24) is 10.4 Å². The number of anilines is 1. The number of carbonyl (C=O) groups is 1. The van der Waals surface area contributed by atoms with Crippen LogP contribution < -0.4 is 10.9 Å². The Morgan fingerprint density at radius 1 is 1.10 bits per heavy atom. The lowest BCUT2D eigenvalue weighted by molar-refractivity contribution is 0.0962. The van der Waals surface area contributed by atoms with Crippen molar-refractivity contribution in [3.05, 3.63) is 58.6 Å². The molecule has 0 aliphatic heterocycles. The van der Waals surface area contributed by atoms with Crippen molar-refractivity contribution in [3.8, 4) is 0 Å². The normalized spacial score (nSPS) is 10.4. The Morgan fingerprint density at radius 2 is 1.85 bits per heavy atom. The monoisotopic (exact) mass is 347 g/mol. The molecule has 3 aromatic rings. The maximum atomic E-state index is 11.9. The van der Waals surface area contributed by atoms with Gasteiger partial charge in [0.15, 0.2) is 0 Å². The zero-order chi connectivity index (χ0) is 13.9. The van der Waals surface area contributed by atoms with Crippen molar-refractivity contribution in [3.63, 3.8) is 0 Å². The van der Waals surface area contributed by atoms with Crippen LogP contribution in [0.2, 0.25) is 0 Å². The molecule has 1 aromatic heterocycles. The number of nitrogens with one attached hydrogen (secondary N) is 2. The van der Waals surface area contributed by atoms with Crippen LogP contribution in [0, 0.1) is 0 Å². The average Bonchev–Trinajstić information content (AvgIpc) is 2.88. The Kier molecular flexibility index (Phi) is 3.66. The minimum Gasteiger partial charge on any atom is -0.273 e. The molecule has 0 fully saturated rings. The van der Waals surface area contributed by atoms with E-state index in [1.54, 1.807) is 12.1 Å². The van der Waals surface area contributed by atoms with E-state index in [0.717, 1.165) is 14.7 Å². The molecule has 1 heterocycles. The summed E-state index contributed by atoms with van der Waals surface area (Å²) in [4.78, 5) is 16.3. The summed E-state index contributed by atoms with van der Waals surface area (Å²) in [6.07, 6.45) is 0.